The minimum atomic E-state index is -3.64. The van der Waals surface area contributed by atoms with Gasteiger partial charge in [0.2, 0.25) is 15.9 Å². The summed E-state index contributed by atoms with van der Waals surface area (Å²) < 4.78 is 27.0. The number of nitrogens with zero attached hydrogens (tertiary/aromatic N) is 2. The van der Waals surface area contributed by atoms with Gasteiger partial charge in [-0.05, 0) is 29.8 Å². The van der Waals surface area contributed by atoms with E-state index in [1.54, 1.807) is 19.2 Å². The highest BCUT2D eigenvalue weighted by Crippen LogP contribution is 2.24. The summed E-state index contributed by atoms with van der Waals surface area (Å²) in [6.07, 6.45) is 0.142. The highest BCUT2D eigenvalue weighted by atomic mass is 32.2. The summed E-state index contributed by atoms with van der Waals surface area (Å²) in [7, 11) is -2.09. The second-order valence-corrected chi connectivity index (χ2v) is 10.4. The van der Waals surface area contributed by atoms with Gasteiger partial charge in [-0.15, -0.1) is 11.3 Å². The van der Waals surface area contributed by atoms with Gasteiger partial charge in [0, 0.05) is 30.2 Å². The molecule has 0 saturated heterocycles. The van der Waals surface area contributed by atoms with E-state index in [1.165, 1.54) is 27.8 Å². The van der Waals surface area contributed by atoms with Crippen LogP contribution in [0.25, 0.3) is 10.6 Å². The molecule has 8 heteroatoms. The number of amides is 1. The van der Waals surface area contributed by atoms with E-state index in [4.69, 9.17) is 0 Å². The molecule has 1 amide bonds. The number of nitrogens with one attached hydrogen (secondary N) is 1. The molecule has 6 nitrogen and oxygen atoms in total. The average molecular weight is 478 g/mol. The summed E-state index contributed by atoms with van der Waals surface area (Å²) in [6, 6.07) is 25.4. The molecule has 0 atom stereocenters. The van der Waals surface area contributed by atoms with E-state index in [9.17, 15) is 13.2 Å². The number of aromatic nitrogens is 1. The smallest absolute Gasteiger partial charge is 0.243 e. The first-order valence-corrected chi connectivity index (χ1v) is 12.6. The van der Waals surface area contributed by atoms with Crippen LogP contribution in [0, 0.1) is 0 Å². The molecule has 0 aliphatic carbocycles. The van der Waals surface area contributed by atoms with Gasteiger partial charge in [-0.1, -0.05) is 60.7 Å². The van der Waals surface area contributed by atoms with Gasteiger partial charge in [-0.25, -0.2) is 13.4 Å². The first kappa shape index (κ1) is 22.8. The van der Waals surface area contributed by atoms with Crippen LogP contribution in [0.15, 0.2) is 95.2 Å². The fraction of sp³-hybridized carbons (Fsp3) is 0.120. The minimum Gasteiger partial charge on any atom is -0.326 e. The number of sulfonamides is 1. The Hall–Kier alpha value is -3.33. The number of hydrogen-bond donors (Lipinski definition) is 1. The second kappa shape index (κ2) is 10.1. The van der Waals surface area contributed by atoms with E-state index in [2.05, 4.69) is 10.3 Å². The molecule has 0 unspecified atom stereocenters. The Balaban J connectivity index is 1.37. The summed E-state index contributed by atoms with van der Waals surface area (Å²) in [4.78, 5) is 17.2. The van der Waals surface area contributed by atoms with Gasteiger partial charge in [0.1, 0.15) is 5.01 Å². The number of anilines is 1. The highest BCUT2D eigenvalue weighted by molar-refractivity contribution is 7.89. The molecule has 0 aliphatic rings. The third-order valence-corrected chi connectivity index (χ3v) is 7.77. The quantitative estimate of drug-likeness (QED) is 0.395. The first-order valence-electron chi connectivity index (χ1n) is 10.3. The Morgan fingerprint density at radius 2 is 1.58 bits per heavy atom. The van der Waals surface area contributed by atoms with E-state index < -0.39 is 10.0 Å². The van der Waals surface area contributed by atoms with Crippen molar-refractivity contribution in [3.63, 3.8) is 0 Å². The molecule has 168 valence electrons. The van der Waals surface area contributed by atoms with E-state index in [-0.39, 0.29) is 23.8 Å². The molecule has 0 fully saturated rings. The molecule has 0 radical (unpaired) electrons. The van der Waals surface area contributed by atoms with Crippen LogP contribution in [0.4, 0.5) is 5.69 Å². The third-order valence-electron chi connectivity index (χ3n) is 5.01. The van der Waals surface area contributed by atoms with Crippen molar-refractivity contribution in [3.05, 3.63) is 102 Å². The monoisotopic (exact) mass is 477 g/mol. The molecule has 1 aromatic heterocycles. The van der Waals surface area contributed by atoms with Crippen LogP contribution >= 0.6 is 11.3 Å². The van der Waals surface area contributed by atoms with Gasteiger partial charge >= 0.3 is 0 Å². The van der Waals surface area contributed by atoms with Gasteiger partial charge in [0.15, 0.2) is 0 Å². The molecule has 1 heterocycles. The zero-order chi connectivity index (χ0) is 23.3. The highest BCUT2D eigenvalue weighted by Gasteiger charge is 2.21. The van der Waals surface area contributed by atoms with Crippen LogP contribution in [0.5, 0.6) is 0 Å². The van der Waals surface area contributed by atoms with Crippen molar-refractivity contribution in [2.45, 2.75) is 17.9 Å². The zero-order valence-electron chi connectivity index (χ0n) is 18.0. The zero-order valence-corrected chi connectivity index (χ0v) is 19.6. The topological polar surface area (TPSA) is 79.4 Å². The summed E-state index contributed by atoms with van der Waals surface area (Å²) >= 11 is 1.50. The number of carbonyl (C=O) groups excluding carboxylic acids is 1. The molecule has 0 saturated carbocycles. The van der Waals surface area contributed by atoms with Crippen LogP contribution < -0.4 is 5.32 Å². The van der Waals surface area contributed by atoms with Gasteiger partial charge in [0.25, 0.3) is 0 Å². The standard InChI is InChI=1S/C25H23N3O3S2/c1-28(17-19-8-4-2-5-9-19)33(30,31)23-14-12-21(13-15-23)26-24(29)16-22-18-32-25(27-22)20-10-6-3-7-11-20/h2-15,18H,16-17H2,1H3,(H,26,29). The SMILES string of the molecule is CN(Cc1ccccc1)S(=O)(=O)c1ccc(NC(=O)Cc2csc(-c3ccccc3)n2)cc1. The lowest BCUT2D eigenvalue weighted by molar-refractivity contribution is -0.115. The Labute approximate surface area is 197 Å². The number of rotatable bonds is 8. The molecule has 1 N–H and O–H groups in total. The molecule has 4 aromatic rings. The lowest BCUT2D eigenvalue weighted by atomic mass is 10.2. The van der Waals surface area contributed by atoms with Gasteiger partial charge in [-0.2, -0.15) is 4.31 Å². The Kier molecular flexibility index (Phi) is 6.98. The molecular formula is C25H23N3O3S2. The maximum Gasteiger partial charge on any atom is 0.243 e. The number of carbonyl (C=O) groups is 1. The molecule has 4 rings (SSSR count). The number of thiazole rings is 1. The molecular weight excluding hydrogens is 454 g/mol. The molecule has 33 heavy (non-hydrogen) atoms. The number of hydrogen-bond acceptors (Lipinski definition) is 5. The van der Waals surface area contributed by atoms with Crippen molar-refractivity contribution in [2.75, 3.05) is 12.4 Å². The van der Waals surface area contributed by atoms with Crippen molar-refractivity contribution >= 4 is 33.0 Å². The van der Waals surface area contributed by atoms with Crippen LogP contribution in [0.3, 0.4) is 0 Å². The van der Waals surface area contributed by atoms with E-state index >= 15 is 0 Å². The normalized spacial score (nSPS) is 11.5. The maximum absolute atomic E-state index is 12.9. The number of benzene rings is 3. The molecule has 0 spiro atoms. The predicted molar refractivity (Wildman–Crippen MR) is 131 cm³/mol. The molecule has 0 bridgehead atoms. The average Bonchev–Trinajstić information content (AvgIpc) is 3.29. The Bertz CT molecular complexity index is 1320. The predicted octanol–water partition coefficient (Wildman–Crippen LogP) is 4.81. The molecule has 0 aliphatic heterocycles. The van der Waals surface area contributed by atoms with Crippen LogP contribution in [-0.4, -0.2) is 30.7 Å². The third kappa shape index (κ3) is 5.73. The van der Waals surface area contributed by atoms with Crippen molar-refractivity contribution in [1.82, 2.24) is 9.29 Å². The Morgan fingerprint density at radius 1 is 0.939 bits per heavy atom. The van der Waals surface area contributed by atoms with Gasteiger partial charge in [-0.3, -0.25) is 4.79 Å². The van der Waals surface area contributed by atoms with Crippen LogP contribution in [0.1, 0.15) is 11.3 Å². The van der Waals surface area contributed by atoms with Crippen molar-refractivity contribution in [1.29, 1.82) is 0 Å². The van der Waals surface area contributed by atoms with Crippen molar-refractivity contribution < 1.29 is 13.2 Å². The Morgan fingerprint density at radius 3 is 2.24 bits per heavy atom. The largest absolute Gasteiger partial charge is 0.326 e. The summed E-state index contributed by atoms with van der Waals surface area (Å²) in [5.74, 6) is -0.211. The lowest BCUT2D eigenvalue weighted by Gasteiger charge is -2.17. The summed E-state index contributed by atoms with van der Waals surface area (Å²) in [6.45, 7) is 0.278. The van der Waals surface area contributed by atoms with Crippen molar-refractivity contribution in [3.8, 4) is 10.6 Å². The van der Waals surface area contributed by atoms with Gasteiger partial charge < -0.3 is 5.32 Å². The van der Waals surface area contributed by atoms with Gasteiger partial charge in [0.05, 0.1) is 17.0 Å². The second-order valence-electron chi connectivity index (χ2n) is 7.51. The first-order chi connectivity index (χ1) is 15.9. The van der Waals surface area contributed by atoms with Crippen molar-refractivity contribution in [2.24, 2.45) is 0 Å². The molecule has 3 aromatic carbocycles. The fourth-order valence-electron chi connectivity index (χ4n) is 3.29. The fourth-order valence-corrected chi connectivity index (χ4v) is 5.27. The lowest BCUT2D eigenvalue weighted by Crippen LogP contribution is -2.26. The van der Waals surface area contributed by atoms with E-state index in [0.717, 1.165) is 16.1 Å². The van der Waals surface area contributed by atoms with E-state index in [0.29, 0.717) is 11.4 Å². The van der Waals surface area contributed by atoms with Crippen LogP contribution in [-0.2, 0) is 27.8 Å². The van der Waals surface area contributed by atoms with Crippen LogP contribution in [0.2, 0.25) is 0 Å². The minimum absolute atomic E-state index is 0.142. The maximum atomic E-state index is 12.9. The summed E-state index contributed by atoms with van der Waals surface area (Å²) in [5.41, 5.74) is 3.15. The summed E-state index contributed by atoms with van der Waals surface area (Å²) in [5, 5.41) is 5.55. The van der Waals surface area contributed by atoms with E-state index in [1.807, 2.05) is 66.0 Å².